The van der Waals surface area contributed by atoms with Crippen molar-refractivity contribution < 1.29 is 28.4 Å². The summed E-state index contributed by atoms with van der Waals surface area (Å²) in [5.41, 5.74) is 9.75. The highest BCUT2D eigenvalue weighted by molar-refractivity contribution is 5.99. The summed E-state index contributed by atoms with van der Waals surface area (Å²) in [6.45, 7) is 2.39. The predicted molar refractivity (Wildman–Crippen MR) is 131 cm³/mol. The van der Waals surface area contributed by atoms with Crippen LogP contribution in [0.3, 0.4) is 0 Å². The lowest BCUT2D eigenvalue weighted by Gasteiger charge is -2.12. The van der Waals surface area contributed by atoms with Crippen molar-refractivity contribution in [3.63, 3.8) is 0 Å². The lowest BCUT2D eigenvalue weighted by molar-refractivity contribution is 0.0950. The van der Waals surface area contributed by atoms with Crippen LogP contribution in [0.5, 0.6) is 23.0 Å². The second kappa shape index (κ2) is 11.1. The Kier molecular flexibility index (Phi) is 7.47. The number of nitrogen functional groups attached to an aromatic ring is 1. The number of hydrogen-bond acceptors (Lipinski definition) is 12. The van der Waals surface area contributed by atoms with Crippen LogP contribution in [0.2, 0.25) is 0 Å². The van der Waals surface area contributed by atoms with Crippen LogP contribution in [0.4, 0.5) is 5.82 Å². The van der Waals surface area contributed by atoms with Crippen LogP contribution < -0.4 is 30.1 Å². The van der Waals surface area contributed by atoms with E-state index in [9.17, 15) is 4.79 Å². The van der Waals surface area contributed by atoms with E-state index in [1.807, 2.05) is 6.92 Å². The number of methoxy groups -OCH3 is 3. The van der Waals surface area contributed by atoms with Gasteiger partial charge in [0.25, 0.3) is 5.91 Å². The van der Waals surface area contributed by atoms with Gasteiger partial charge in [0.1, 0.15) is 11.4 Å². The standard InChI is InChI=1S/C23H24N8O6/c1-5-36-15-8-6-14(7-9-15)19-18(26-30-31(19)22-21(24)28-37-29-22)23(32)27-25-12-13-10-16(33-2)20(35-4)17(11-13)34-3/h6-12H,5H2,1-4H3,(H2,24,28)(H,27,32). The van der Waals surface area contributed by atoms with E-state index in [0.717, 1.165) is 0 Å². The first-order valence-electron chi connectivity index (χ1n) is 10.9. The molecule has 0 saturated heterocycles. The van der Waals surface area contributed by atoms with Gasteiger partial charge in [-0.2, -0.15) is 9.78 Å². The number of nitrogens with one attached hydrogen (secondary N) is 1. The minimum Gasteiger partial charge on any atom is -0.494 e. The molecule has 0 radical (unpaired) electrons. The monoisotopic (exact) mass is 508 g/mol. The Morgan fingerprint density at radius 1 is 1.11 bits per heavy atom. The van der Waals surface area contributed by atoms with Gasteiger partial charge in [0.2, 0.25) is 17.4 Å². The molecule has 2 aromatic heterocycles. The maximum absolute atomic E-state index is 13.1. The molecule has 1 amide bonds. The van der Waals surface area contributed by atoms with E-state index in [-0.39, 0.29) is 17.3 Å². The fourth-order valence-electron chi connectivity index (χ4n) is 3.45. The number of carbonyl (C=O) groups excluding carboxylic acids is 1. The minimum absolute atomic E-state index is 0.0236. The number of nitrogens with zero attached hydrogens (tertiary/aromatic N) is 6. The third-order valence-electron chi connectivity index (χ3n) is 5.09. The number of hydrazone groups is 1. The van der Waals surface area contributed by atoms with Crippen LogP contribution in [0.15, 0.2) is 46.1 Å². The summed E-state index contributed by atoms with van der Waals surface area (Å²) in [6.07, 6.45) is 1.42. The van der Waals surface area contributed by atoms with E-state index < -0.39 is 5.91 Å². The number of hydrogen-bond donors (Lipinski definition) is 2. The van der Waals surface area contributed by atoms with Crippen molar-refractivity contribution >= 4 is 17.9 Å². The third kappa shape index (κ3) is 5.12. The Labute approximate surface area is 210 Å². The van der Waals surface area contributed by atoms with E-state index in [1.165, 1.54) is 32.2 Å². The van der Waals surface area contributed by atoms with Gasteiger partial charge in [-0.3, -0.25) is 4.79 Å². The first kappa shape index (κ1) is 25.0. The molecule has 14 nitrogen and oxygen atoms in total. The Bertz CT molecular complexity index is 1390. The highest BCUT2D eigenvalue weighted by atomic mass is 16.6. The van der Waals surface area contributed by atoms with Crippen molar-refractivity contribution in [3.05, 3.63) is 47.7 Å². The second-order valence-corrected chi connectivity index (χ2v) is 7.29. The molecule has 0 unspecified atom stereocenters. The van der Waals surface area contributed by atoms with Crippen molar-refractivity contribution in [3.8, 4) is 40.1 Å². The van der Waals surface area contributed by atoms with Gasteiger partial charge in [-0.15, -0.1) is 5.10 Å². The van der Waals surface area contributed by atoms with Gasteiger partial charge < -0.3 is 24.7 Å². The van der Waals surface area contributed by atoms with Crippen molar-refractivity contribution in [1.29, 1.82) is 0 Å². The number of anilines is 1. The largest absolute Gasteiger partial charge is 0.494 e. The van der Waals surface area contributed by atoms with Crippen molar-refractivity contribution in [2.75, 3.05) is 33.7 Å². The normalized spacial score (nSPS) is 10.9. The summed E-state index contributed by atoms with van der Waals surface area (Å²) < 4.78 is 27.5. The average Bonchev–Trinajstić information content (AvgIpc) is 3.54. The van der Waals surface area contributed by atoms with Gasteiger partial charge in [0.05, 0.1) is 34.2 Å². The fraction of sp³-hybridized carbons (Fsp3) is 0.217. The van der Waals surface area contributed by atoms with Gasteiger partial charge in [-0.25, -0.2) is 10.1 Å². The molecule has 2 heterocycles. The quantitative estimate of drug-likeness (QED) is 0.237. The van der Waals surface area contributed by atoms with Crippen LogP contribution in [-0.4, -0.2) is 65.4 Å². The summed E-state index contributed by atoms with van der Waals surface area (Å²) in [4.78, 5) is 13.1. The molecular formula is C23H24N8O6. The van der Waals surface area contributed by atoms with Crippen LogP contribution in [0, 0.1) is 0 Å². The molecule has 0 bridgehead atoms. The Morgan fingerprint density at radius 2 is 1.81 bits per heavy atom. The highest BCUT2D eigenvalue weighted by Crippen LogP contribution is 2.37. The lowest BCUT2D eigenvalue weighted by atomic mass is 10.1. The molecule has 14 heteroatoms. The first-order valence-corrected chi connectivity index (χ1v) is 10.9. The number of carbonyl (C=O) groups is 1. The molecule has 0 aliphatic carbocycles. The van der Waals surface area contributed by atoms with Crippen LogP contribution in [0.1, 0.15) is 23.0 Å². The smallest absolute Gasteiger partial charge is 0.294 e. The van der Waals surface area contributed by atoms with E-state index in [0.29, 0.717) is 46.4 Å². The zero-order valence-corrected chi connectivity index (χ0v) is 20.5. The van der Waals surface area contributed by atoms with Crippen LogP contribution in [0.25, 0.3) is 17.1 Å². The highest BCUT2D eigenvalue weighted by Gasteiger charge is 2.25. The van der Waals surface area contributed by atoms with Gasteiger partial charge in [0, 0.05) is 11.1 Å². The number of aromatic nitrogens is 5. The van der Waals surface area contributed by atoms with E-state index in [4.69, 9.17) is 29.3 Å². The molecular weight excluding hydrogens is 484 g/mol. The van der Waals surface area contributed by atoms with E-state index >= 15 is 0 Å². The minimum atomic E-state index is -0.631. The third-order valence-corrected chi connectivity index (χ3v) is 5.09. The van der Waals surface area contributed by atoms with Gasteiger partial charge in [-0.1, -0.05) is 5.21 Å². The van der Waals surface area contributed by atoms with Crippen molar-refractivity contribution in [2.45, 2.75) is 6.92 Å². The van der Waals surface area contributed by atoms with Gasteiger partial charge >= 0.3 is 0 Å². The molecule has 0 aliphatic rings. The van der Waals surface area contributed by atoms with E-state index in [1.54, 1.807) is 36.4 Å². The summed E-state index contributed by atoms with van der Waals surface area (Å²) in [7, 11) is 4.51. The molecule has 0 spiro atoms. The zero-order chi connectivity index (χ0) is 26.4. The van der Waals surface area contributed by atoms with Crippen molar-refractivity contribution in [2.24, 2.45) is 5.10 Å². The topological polar surface area (TPSA) is 174 Å². The number of benzene rings is 2. The molecule has 0 aliphatic heterocycles. The molecule has 0 fully saturated rings. The van der Waals surface area contributed by atoms with Gasteiger partial charge in [-0.05, 0) is 53.6 Å². The molecule has 0 atom stereocenters. The molecule has 4 aromatic rings. The van der Waals surface area contributed by atoms with Crippen LogP contribution in [-0.2, 0) is 0 Å². The Hall–Kier alpha value is -5.14. The number of amides is 1. The SMILES string of the molecule is CCOc1ccc(-c2c(C(=O)NN=Cc3cc(OC)c(OC)c(OC)c3)nnn2-c2nonc2N)cc1. The average molecular weight is 508 g/mol. The molecule has 37 heavy (non-hydrogen) atoms. The van der Waals surface area contributed by atoms with Crippen LogP contribution >= 0.6 is 0 Å². The Balaban J connectivity index is 1.65. The van der Waals surface area contributed by atoms with E-state index in [2.05, 4.69) is 31.2 Å². The molecule has 4 rings (SSSR count). The summed E-state index contributed by atoms with van der Waals surface area (Å²) in [6, 6.07) is 10.4. The predicted octanol–water partition coefficient (Wildman–Crippen LogP) is 2.09. The zero-order valence-electron chi connectivity index (χ0n) is 20.5. The molecule has 3 N–H and O–H groups in total. The number of ether oxygens (including phenoxy) is 4. The number of nitrogens with two attached hydrogens (primary N) is 1. The van der Waals surface area contributed by atoms with Gasteiger partial charge in [0.15, 0.2) is 17.2 Å². The lowest BCUT2D eigenvalue weighted by Crippen LogP contribution is -2.19. The maximum Gasteiger partial charge on any atom is 0.294 e. The van der Waals surface area contributed by atoms with Crippen molar-refractivity contribution in [1.82, 2.24) is 30.7 Å². The molecule has 2 aromatic carbocycles. The fourth-order valence-corrected chi connectivity index (χ4v) is 3.45. The second-order valence-electron chi connectivity index (χ2n) is 7.29. The summed E-state index contributed by atoms with van der Waals surface area (Å²) in [5, 5.41) is 19.5. The maximum atomic E-state index is 13.1. The first-order chi connectivity index (χ1) is 18.0. The summed E-state index contributed by atoms with van der Waals surface area (Å²) in [5.74, 6) is 1.40. The molecule has 192 valence electrons. The Morgan fingerprint density at radius 3 is 2.38 bits per heavy atom. The summed E-state index contributed by atoms with van der Waals surface area (Å²) >= 11 is 0. The molecule has 0 saturated carbocycles. The number of rotatable bonds is 10.